The summed E-state index contributed by atoms with van der Waals surface area (Å²) in [7, 11) is 0. The summed E-state index contributed by atoms with van der Waals surface area (Å²) in [6.45, 7) is 2.63. The van der Waals surface area contributed by atoms with Gasteiger partial charge in [-0.05, 0) is 13.3 Å². The van der Waals surface area contributed by atoms with Gasteiger partial charge in [-0.25, -0.2) is 0 Å². The highest BCUT2D eigenvalue weighted by Gasteiger charge is 2.29. The molecular weight excluding hydrogens is 182 g/mol. The Hall–Kier alpha value is -1.41. The number of piperazine rings is 1. The first-order valence-corrected chi connectivity index (χ1v) is 4.60. The lowest BCUT2D eigenvalue weighted by Gasteiger charge is -2.31. The van der Waals surface area contributed by atoms with Crippen molar-refractivity contribution < 1.29 is 9.59 Å². The molecule has 0 aromatic rings. The smallest absolute Gasteiger partial charge is 0.243 e. The Morgan fingerprint density at radius 1 is 1.64 bits per heavy atom. The number of carbonyl (C=O) groups is 2. The minimum atomic E-state index is -0.272. The van der Waals surface area contributed by atoms with E-state index in [-0.39, 0.29) is 24.4 Å². The minimum Gasteiger partial charge on any atom is -0.294 e. The van der Waals surface area contributed by atoms with Crippen LogP contribution in [-0.4, -0.2) is 35.8 Å². The number of nitriles is 1. The number of unbranched alkanes of at least 4 members (excludes halogenated alkanes) is 1. The Balaban J connectivity index is 2.46. The van der Waals surface area contributed by atoms with Gasteiger partial charge < -0.3 is 0 Å². The van der Waals surface area contributed by atoms with Crippen LogP contribution in [0.1, 0.15) is 19.8 Å². The van der Waals surface area contributed by atoms with Crippen molar-refractivity contribution in [1.29, 1.82) is 5.26 Å². The maximum atomic E-state index is 11.2. The quantitative estimate of drug-likeness (QED) is 0.493. The van der Waals surface area contributed by atoms with E-state index in [2.05, 4.69) is 5.32 Å². The van der Waals surface area contributed by atoms with E-state index in [9.17, 15) is 9.59 Å². The number of rotatable bonds is 3. The van der Waals surface area contributed by atoms with Gasteiger partial charge in [-0.2, -0.15) is 5.26 Å². The molecule has 1 unspecified atom stereocenters. The lowest BCUT2D eigenvalue weighted by Crippen LogP contribution is -2.56. The predicted octanol–water partition coefficient (Wildman–Crippen LogP) is -0.363. The molecule has 1 aliphatic rings. The van der Waals surface area contributed by atoms with Crippen molar-refractivity contribution in [2.24, 2.45) is 0 Å². The predicted molar refractivity (Wildman–Crippen MR) is 49.0 cm³/mol. The number of hydrogen-bond acceptors (Lipinski definition) is 4. The molecule has 1 heterocycles. The fraction of sp³-hybridized carbons (Fsp3) is 0.667. The Morgan fingerprint density at radius 2 is 2.36 bits per heavy atom. The first-order chi connectivity index (χ1) is 6.65. The van der Waals surface area contributed by atoms with Crippen LogP contribution in [0.5, 0.6) is 0 Å². The van der Waals surface area contributed by atoms with E-state index < -0.39 is 0 Å². The summed E-state index contributed by atoms with van der Waals surface area (Å²) >= 11 is 0. The minimum absolute atomic E-state index is 0.248. The van der Waals surface area contributed by atoms with Gasteiger partial charge in [0.2, 0.25) is 11.8 Å². The molecule has 5 heteroatoms. The van der Waals surface area contributed by atoms with Crippen LogP contribution in [-0.2, 0) is 9.59 Å². The van der Waals surface area contributed by atoms with Crippen molar-refractivity contribution >= 4 is 11.8 Å². The fourth-order valence-corrected chi connectivity index (χ4v) is 1.40. The molecule has 0 aromatic heterocycles. The number of nitrogens with zero attached hydrogens (tertiary/aromatic N) is 2. The zero-order valence-electron chi connectivity index (χ0n) is 8.12. The SMILES string of the molecule is CC1C(=O)NC(=O)CN1CCCC#N. The standard InChI is InChI=1S/C9H13N3O2/c1-7-9(14)11-8(13)6-12(7)5-3-2-4-10/h7H,2-3,5-6H2,1H3,(H,11,13,14). The summed E-state index contributed by atoms with van der Waals surface area (Å²) < 4.78 is 0. The number of imide groups is 1. The van der Waals surface area contributed by atoms with Gasteiger partial charge in [0, 0.05) is 13.0 Å². The topological polar surface area (TPSA) is 73.2 Å². The summed E-state index contributed by atoms with van der Waals surface area (Å²) in [6.07, 6.45) is 1.15. The van der Waals surface area contributed by atoms with Crippen molar-refractivity contribution in [3.8, 4) is 6.07 Å². The molecule has 76 valence electrons. The first kappa shape index (κ1) is 10.7. The summed E-state index contributed by atoms with van der Waals surface area (Å²) in [5.41, 5.74) is 0. The van der Waals surface area contributed by atoms with E-state index in [1.807, 2.05) is 6.07 Å². The van der Waals surface area contributed by atoms with Crippen molar-refractivity contribution in [2.45, 2.75) is 25.8 Å². The van der Waals surface area contributed by atoms with E-state index in [0.29, 0.717) is 19.4 Å². The highest BCUT2D eigenvalue weighted by atomic mass is 16.2. The van der Waals surface area contributed by atoms with Gasteiger partial charge in [0.05, 0.1) is 18.7 Å². The number of amides is 2. The molecule has 1 N–H and O–H groups in total. The highest BCUT2D eigenvalue weighted by Crippen LogP contribution is 2.05. The van der Waals surface area contributed by atoms with Crippen LogP contribution in [0.3, 0.4) is 0 Å². The number of carbonyl (C=O) groups excluding carboxylic acids is 2. The molecule has 1 saturated heterocycles. The van der Waals surface area contributed by atoms with Crippen LogP contribution < -0.4 is 5.32 Å². The lowest BCUT2D eigenvalue weighted by atomic mass is 10.2. The van der Waals surface area contributed by atoms with E-state index in [1.54, 1.807) is 11.8 Å². The summed E-state index contributed by atoms with van der Waals surface area (Å²) in [4.78, 5) is 24.0. The summed E-state index contributed by atoms with van der Waals surface area (Å²) in [6, 6.07) is 1.76. The van der Waals surface area contributed by atoms with Crippen LogP contribution in [0, 0.1) is 11.3 Å². The second kappa shape index (κ2) is 4.72. The second-order valence-electron chi connectivity index (χ2n) is 3.32. The van der Waals surface area contributed by atoms with Gasteiger partial charge in [0.25, 0.3) is 0 Å². The molecule has 0 spiro atoms. The van der Waals surface area contributed by atoms with Crippen molar-refractivity contribution in [3.05, 3.63) is 0 Å². The molecule has 0 radical (unpaired) electrons. The van der Waals surface area contributed by atoms with Gasteiger partial charge in [0.15, 0.2) is 0 Å². The Bertz CT molecular complexity index is 282. The third-order valence-electron chi connectivity index (χ3n) is 2.27. The average Bonchev–Trinajstić information content (AvgIpc) is 2.13. The molecule has 5 nitrogen and oxygen atoms in total. The van der Waals surface area contributed by atoms with Crippen molar-refractivity contribution in [3.63, 3.8) is 0 Å². The van der Waals surface area contributed by atoms with Crippen LogP contribution in [0.15, 0.2) is 0 Å². The monoisotopic (exact) mass is 195 g/mol. The van der Waals surface area contributed by atoms with E-state index in [4.69, 9.17) is 5.26 Å². The maximum Gasteiger partial charge on any atom is 0.243 e. The average molecular weight is 195 g/mol. The first-order valence-electron chi connectivity index (χ1n) is 4.60. The third kappa shape index (κ3) is 2.54. The Kier molecular flexibility index (Phi) is 3.60. The molecule has 0 aromatic carbocycles. The lowest BCUT2D eigenvalue weighted by molar-refractivity contribution is -0.139. The maximum absolute atomic E-state index is 11.2. The summed E-state index contributed by atoms with van der Waals surface area (Å²) in [5.74, 6) is -0.511. The molecule has 0 bridgehead atoms. The molecule has 14 heavy (non-hydrogen) atoms. The zero-order valence-corrected chi connectivity index (χ0v) is 8.12. The Morgan fingerprint density at radius 3 is 3.00 bits per heavy atom. The molecule has 2 amide bonds. The van der Waals surface area contributed by atoms with E-state index >= 15 is 0 Å². The van der Waals surface area contributed by atoms with Crippen molar-refractivity contribution in [2.75, 3.05) is 13.1 Å². The van der Waals surface area contributed by atoms with Gasteiger partial charge in [-0.3, -0.25) is 19.8 Å². The molecular formula is C9H13N3O2. The largest absolute Gasteiger partial charge is 0.294 e. The fourth-order valence-electron chi connectivity index (χ4n) is 1.40. The highest BCUT2D eigenvalue weighted by molar-refractivity contribution is 6.00. The van der Waals surface area contributed by atoms with Gasteiger partial charge >= 0.3 is 0 Å². The molecule has 1 aliphatic heterocycles. The molecule has 0 aliphatic carbocycles. The molecule has 1 fully saturated rings. The Labute approximate surface area is 82.7 Å². The normalized spacial score (nSPS) is 23.0. The van der Waals surface area contributed by atoms with Gasteiger partial charge in [-0.15, -0.1) is 0 Å². The van der Waals surface area contributed by atoms with Crippen LogP contribution in [0.2, 0.25) is 0 Å². The molecule has 1 atom stereocenters. The van der Waals surface area contributed by atoms with E-state index in [1.165, 1.54) is 0 Å². The van der Waals surface area contributed by atoms with Crippen LogP contribution in [0.4, 0.5) is 0 Å². The third-order valence-corrected chi connectivity index (χ3v) is 2.27. The van der Waals surface area contributed by atoms with Gasteiger partial charge in [-0.1, -0.05) is 0 Å². The van der Waals surface area contributed by atoms with Crippen LogP contribution >= 0.6 is 0 Å². The second-order valence-corrected chi connectivity index (χ2v) is 3.32. The number of hydrogen-bond donors (Lipinski definition) is 1. The van der Waals surface area contributed by atoms with Crippen LogP contribution in [0.25, 0.3) is 0 Å². The number of nitrogens with one attached hydrogen (secondary N) is 1. The molecule has 0 saturated carbocycles. The van der Waals surface area contributed by atoms with Gasteiger partial charge in [0.1, 0.15) is 0 Å². The summed E-state index contributed by atoms with van der Waals surface area (Å²) in [5, 5.41) is 10.6. The van der Waals surface area contributed by atoms with E-state index in [0.717, 1.165) is 0 Å². The zero-order chi connectivity index (χ0) is 10.6. The van der Waals surface area contributed by atoms with Crippen molar-refractivity contribution in [1.82, 2.24) is 10.2 Å². The molecule has 1 rings (SSSR count).